The van der Waals surface area contributed by atoms with Crippen LogP contribution in [0, 0.1) is 17.0 Å². The summed E-state index contributed by atoms with van der Waals surface area (Å²) in [4.78, 5) is 24.5. The highest BCUT2D eigenvalue weighted by atomic mass is 16.6. The average molecular weight is 314 g/mol. The molecule has 0 aliphatic rings. The summed E-state index contributed by atoms with van der Waals surface area (Å²) in [6.07, 6.45) is 0. The van der Waals surface area contributed by atoms with Gasteiger partial charge in [0.05, 0.1) is 17.6 Å². The largest absolute Gasteiger partial charge is 0.496 e. The zero-order valence-electron chi connectivity index (χ0n) is 13.3. The van der Waals surface area contributed by atoms with Crippen LogP contribution in [0.1, 0.15) is 21.5 Å². The van der Waals surface area contributed by atoms with Crippen molar-refractivity contribution < 1.29 is 14.5 Å². The SMILES string of the molecule is COc1ccc([N+](=O)[O-])cc1C(=O)N(C)Cc1ccccc1C. The molecule has 2 rings (SSSR count). The third kappa shape index (κ3) is 3.66. The smallest absolute Gasteiger partial charge is 0.270 e. The lowest BCUT2D eigenvalue weighted by atomic mass is 10.1. The number of nitro groups is 1. The van der Waals surface area contributed by atoms with E-state index in [0.717, 1.165) is 11.1 Å². The number of rotatable bonds is 5. The molecule has 0 unspecified atom stereocenters. The molecule has 0 N–H and O–H groups in total. The van der Waals surface area contributed by atoms with Gasteiger partial charge in [0.15, 0.2) is 0 Å². The molecule has 0 heterocycles. The van der Waals surface area contributed by atoms with Crippen LogP contribution in [-0.4, -0.2) is 29.9 Å². The topological polar surface area (TPSA) is 72.7 Å². The molecule has 0 radical (unpaired) electrons. The van der Waals surface area contributed by atoms with E-state index in [2.05, 4.69) is 0 Å². The molecule has 0 spiro atoms. The highest BCUT2D eigenvalue weighted by molar-refractivity contribution is 5.97. The van der Waals surface area contributed by atoms with Gasteiger partial charge >= 0.3 is 0 Å². The highest BCUT2D eigenvalue weighted by Gasteiger charge is 2.20. The molecule has 0 aliphatic heterocycles. The summed E-state index contributed by atoms with van der Waals surface area (Å²) in [7, 11) is 3.09. The monoisotopic (exact) mass is 314 g/mol. The Labute approximate surface area is 134 Å². The van der Waals surface area contributed by atoms with E-state index in [0.29, 0.717) is 12.3 Å². The number of benzene rings is 2. The molecule has 6 nitrogen and oxygen atoms in total. The molecule has 120 valence electrons. The molecule has 0 aliphatic carbocycles. The van der Waals surface area contributed by atoms with E-state index in [4.69, 9.17) is 4.74 Å². The molecular formula is C17H18N2O4. The van der Waals surface area contributed by atoms with Gasteiger partial charge < -0.3 is 9.64 Å². The van der Waals surface area contributed by atoms with Gasteiger partial charge in [0.1, 0.15) is 5.75 Å². The first-order valence-electron chi connectivity index (χ1n) is 7.06. The lowest BCUT2D eigenvalue weighted by Crippen LogP contribution is -2.27. The Morgan fingerprint density at radius 1 is 1.26 bits per heavy atom. The number of nitro benzene ring substituents is 1. The van der Waals surface area contributed by atoms with Crippen molar-refractivity contribution in [3.8, 4) is 5.75 Å². The van der Waals surface area contributed by atoms with Crippen LogP contribution in [0.15, 0.2) is 42.5 Å². The number of hydrogen-bond donors (Lipinski definition) is 0. The average Bonchev–Trinajstić information content (AvgIpc) is 2.55. The number of carbonyl (C=O) groups excluding carboxylic acids is 1. The van der Waals surface area contributed by atoms with Gasteiger partial charge in [-0.3, -0.25) is 14.9 Å². The van der Waals surface area contributed by atoms with Gasteiger partial charge in [0.2, 0.25) is 0 Å². The van der Waals surface area contributed by atoms with Gasteiger partial charge in [-0.2, -0.15) is 0 Å². The molecule has 0 saturated carbocycles. The summed E-state index contributed by atoms with van der Waals surface area (Å²) in [5.41, 5.74) is 2.14. The molecule has 0 bridgehead atoms. The van der Waals surface area contributed by atoms with Crippen molar-refractivity contribution in [3.63, 3.8) is 0 Å². The van der Waals surface area contributed by atoms with Crippen molar-refractivity contribution in [3.05, 3.63) is 69.3 Å². The third-order valence-electron chi connectivity index (χ3n) is 3.64. The Hall–Kier alpha value is -2.89. The molecule has 2 aromatic carbocycles. The summed E-state index contributed by atoms with van der Waals surface area (Å²) < 4.78 is 5.16. The van der Waals surface area contributed by atoms with Crippen LogP contribution in [0.25, 0.3) is 0 Å². The standard InChI is InChI=1S/C17H18N2O4/c1-12-6-4-5-7-13(12)11-18(2)17(20)15-10-14(19(21)22)8-9-16(15)23-3/h4-10H,11H2,1-3H3. The predicted molar refractivity (Wildman–Crippen MR) is 86.6 cm³/mol. The van der Waals surface area contributed by atoms with Crippen molar-refractivity contribution in [2.45, 2.75) is 13.5 Å². The van der Waals surface area contributed by atoms with E-state index in [9.17, 15) is 14.9 Å². The molecule has 2 aromatic rings. The quantitative estimate of drug-likeness (QED) is 0.627. The predicted octanol–water partition coefficient (Wildman–Crippen LogP) is 3.18. The summed E-state index contributed by atoms with van der Waals surface area (Å²) >= 11 is 0. The van der Waals surface area contributed by atoms with E-state index in [1.807, 2.05) is 31.2 Å². The van der Waals surface area contributed by atoms with E-state index in [1.54, 1.807) is 7.05 Å². The number of amides is 1. The molecule has 0 saturated heterocycles. The van der Waals surface area contributed by atoms with Gasteiger partial charge in [-0.05, 0) is 24.1 Å². The molecule has 1 amide bonds. The first-order chi connectivity index (χ1) is 10.9. The highest BCUT2D eigenvalue weighted by Crippen LogP contribution is 2.25. The number of nitrogens with zero attached hydrogens (tertiary/aromatic N) is 2. The number of ether oxygens (including phenoxy) is 1. The molecule has 23 heavy (non-hydrogen) atoms. The Morgan fingerprint density at radius 3 is 2.57 bits per heavy atom. The Morgan fingerprint density at radius 2 is 1.96 bits per heavy atom. The summed E-state index contributed by atoms with van der Waals surface area (Å²) in [6.45, 7) is 2.39. The molecule has 6 heteroatoms. The summed E-state index contributed by atoms with van der Waals surface area (Å²) in [6, 6.07) is 11.8. The van der Waals surface area contributed by atoms with Crippen LogP contribution < -0.4 is 4.74 Å². The van der Waals surface area contributed by atoms with E-state index in [1.165, 1.54) is 30.2 Å². The summed E-state index contributed by atoms with van der Waals surface area (Å²) in [5, 5.41) is 10.9. The fourth-order valence-corrected chi connectivity index (χ4v) is 2.30. The number of aryl methyl sites for hydroxylation is 1. The lowest BCUT2D eigenvalue weighted by Gasteiger charge is -2.19. The van der Waals surface area contributed by atoms with Gasteiger partial charge in [-0.1, -0.05) is 24.3 Å². The molecule has 0 aromatic heterocycles. The van der Waals surface area contributed by atoms with E-state index in [-0.39, 0.29) is 17.2 Å². The van der Waals surface area contributed by atoms with Crippen LogP contribution in [0.3, 0.4) is 0 Å². The molecular weight excluding hydrogens is 296 g/mol. The van der Waals surface area contributed by atoms with Crippen LogP contribution in [0.4, 0.5) is 5.69 Å². The fourth-order valence-electron chi connectivity index (χ4n) is 2.30. The minimum Gasteiger partial charge on any atom is -0.496 e. The van der Waals surface area contributed by atoms with Gasteiger partial charge in [0.25, 0.3) is 11.6 Å². The second-order valence-corrected chi connectivity index (χ2v) is 5.23. The van der Waals surface area contributed by atoms with Crippen molar-refractivity contribution in [1.82, 2.24) is 4.90 Å². The molecule has 0 fully saturated rings. The Kier molecular flexibility index (Phi) is 4.95. The minimum atomic E-state index is -0.530. The lowest BCUT2D eigenvalue weighted by molar-refractivity contribution is -0.384. The van der Waals surface area contributed by atoms with Crippen molar-refractivity contribution in [2.24, 2.45) is 0 Å². The van der Waals surface area contributed by atoms with Gasteiger partial charge in [0, 0.05) is 25.7 Å². The maximum Gasteiger partial charge on any atom is 0.270 e. The third-order valence-corrected chi connectivity index (χ3v) is 3.64. The van der Waals surface area contributed by atoms with Crippen molar-refractivity contribution >= 4 is 11.6 Å². The fraction of sp³-hybridized carbons (Fsp3) is 0.235. The minimum absolute atomic E-state index is 0.140. The zero-order chi connectivity index (χ0) is 17.0. The Bertz CT molecular complexity index is 743. The number of hydrogen-bond acceptors (Lipinski definition) is 4. The van der Waals surface area contributed by atoms with Crippen LogP contribution >= 0.6 is 0 Å². The van der Waals surface area contributed by atoms with E-state index < -0.39 is 4.92 Å². The maximum atomic E-state index is 12.6. The van der Waals surface area contributed by atoms with Crippen LogP contribution in [0.5, 0.6) is 5.75 Å². The first-order valence-corrected chi connectivity index (χ1v) is 7.06. The van der Waals surface area contributed by atoms with Gasteiger partial charge in [-0.25, -0.2) is 0 Å². The normalized spacial score (nSPS) is 10.2. The van der Waals surface area contributed by atoms with Crippen LogP contribution in [-0.2, 0) is 6.54 Å². The van der Waals surface area contributed by atoms with E-state index >= 15 is 0 Å². The van der Waals surface area contributed by atoms with Gasteiger partial charge in [-0.15, -0.1) is 0 Å². The number of non-ortho nitro benzene ring substituents is 1. The number of methoxy groups -OCH3 is 1. The maximum absolute atomic E-state index is 12.6. The van der Waals surface area contributed by atoms with Crippen molar-refractivity contribution in [2.75, 3.05) is 14.2 Å². The number of carbonyl (C=O) groups is 1. The Balaban J connectivity index is 2.30. The molecule has 0 atom stereocenters. The van der Waals surface area contributed by atoms with Crippen LogP contribution in [0.2, 0.25) is 0 Å². The zero-order valence-corrected chi connectivity index (χ0v) is 13.3. The second-order valence-electron chi connectivity index (χ2n) is 5.23. The summed E-state index contributed by atoms with van der Waals surface area (Å²) in [5.74, 6) is -0.00830. The van der Waals surface area contributed by atoms with Crippen molar-refractivity contribution in [1.29, 1.82) is 0 Å². The first kappa shape index (κ1) is 16.5. The second kappa shape index (κ2) is 6.91.